The summed E-state index contributed by atoms with van der Waals surface area (Å²) in [6.07, 6.45) is 23.2. The van der Waals surface area contributed by atoms with Crippen molar-refractivity contribution in [2.75, 3.05) is 0 Å². The predicted octanol–water partition coefficient (Wildman–Crippen LogP) is 10.8. The second-order valence-corrected chi connectivity index (χ2v) is 13.5. The Bertz CT molecular complexity index is 563. The van der Waals surface area contributed by atoms with Gasteiger partial charge in [-0.15, -0.1) is 25.3 Å². The minimum Gasteiger partial charge on any atom is -0.389 e. The molecule has 0 aromatic heterocycles. The molecule has 4 atom stereocenters. The highest BCUT2D eigenvalue weighted by atomic mass is 32.1. The zero-order chi connectivity index (χ0) is 29.5. The molecule has 0 rings (SSSR count). The Hall–Kier alpha value is -0.000000000000000111. The Morgan fingerprint density at radius 3 is 1.21 bits per heavy atom. The quantitative estimate of drug-likeness (QED) is 0.0631. The summed E-state index contributed by atoms with van der Waals surface area (Å²) in [7, 11) is 0. The summed E-state index contributed by atoms with van der Waals surface area (Å²) in [5, 5.41) is 12.0. The lowest BCUT2D eigenvalue weighted by Crippen LogP contribution is -2.46. The molecule has 0 aliphatic heterocycles. The van der Waals surface area contributed by atoms with Gasteiger partial charge in [-0.25, -0.2) is 0 Å². The third-order valence-corrected chi connectivity index (χ3v) is 9.43. The molecule has 0 saturated heterocycles. The molecule has 1 N–H and O–H groups in total. The van der Waals surface area contributed by atoms with Crippen LogP contribution in [0.1, 0.15) is 176 Å². The first-order valence-corrected chi connectivity index (χ1v) is 17.7. The van der Waals surface area contributed by atoms with Crippen molar-refractivity contribution in [2.24, 2.45) is 23.7 Å². The fourth-order valence-corrected chi connectivity index (χ4v) is 7.38. The molecule has 0 fully saturated rings. The highest BCUT2D eigenvalue weighted by Gasteiger charge is 2.43. The summed E-state index contributed by atoms with van der Waals surface area (Å²) in [6.45, 7) is 11.2. The van der Waals surface area contributed by atoms with Crippen molar-refractivity contribution < 1.29 is 14.7 Å². The van der Waals surface area contributed by atoms with Crippen LogP contribution >= 0.6 is 25.3 Å². The van der Waals surface area contributed by atoms with Crippen LogP contribution in [0.5, 0.6) is 0 Å². The van der Waals surface area contributed by atoms with Crippen LogP contribution in [0.4, 0.5) is 0 Å². The van der Waals surface area contributed by atoms with Gasteiger partial charge >= 0.3 is 0 Å². The van der Waals surface area contributed by atoms with Gasteiger partial charge in [0.2, 0.25) is 0 Å². The zero-order valence-corrected chi connectivity index (χ0v) is 28.3. The lowest BCUT2D eigenvalue weighted by atomic mass is 9.68. The monoisotopic (exact) mass is 586 g/mol. The number of hydrogen-bond donors (Lipinski definition) is 3. The molecule has 0 aliphatic rings. The van der Waals surface area contributed by atoms with Gasteiger partial charge in [-0.3, -0.25) is 9.59 Å². The highest BCUT2D eigenvalue weighted by molar-refractivity contribution is 7.96. The zero-order valence-electron chi connectivity index (χ0n) is 26.5. The Balaban J connectivity index is 5.45. The van der Waals surface area contributed by atoms with Gasteiger partial charge in [0.1, 0.15) is 0 Å². The molecule has 0 saturated carbocycles. The molecular weight excluding hydrogens is 521 g/mol. The van der Waals surface area contributed by atoms with Crippen LogP contribution in [-0.4, -0.2) is 20.9 Å². The first-order chi connectivity index (χ1) is 18.7. The van der Waals surface area contributed by atoms with E-state index in [1.807, 2.05) is 0 Å². The number of unbranched alkanes of at least 4 members (excludes halogenated alkanes) is 4. The largest absolute Gasteiger partial charge is 0.389 e. The number of carbonyl (C=O) groups is 2. The van der Waals surface area contributed by atoms with Crippen molar-refractivity contribution in [1.29, 1.82) is 0 Å². The number of carbonyl (C=O) groups excluding carboxylic acids is 2. The van der Waals surface area contributed by atoms with Gasteiger partial charge in [-0.1, -0.05) is 144 Å². The van der Waals surface area contributed by atoms with E-state index < -0.39 is 5.60 Å². The molecule has 39 heavy (non-hydrogen) atoms. The van der Waals surface area contributed by atoms with Crippen LogP contribution in [0.25, 0.3) is 0 Å². The molecule has 0 aliphatic carbocycles. The van der Waals surface area contributed by atoms with Crippen LogP contribution in [0, 0.1) is 23.7 Å². The van der Waals surface area contributed by atoms with E-state index >= 15 is 0 Å². The Kier molecular flexibility index (Phi) is 24.6. The molecule has 0 aromatic carbocycles. The third kappa shape index (κ3) is 18.2. The van der Waals surface area contributed by atoms with Crippen LogP contribution in [0.2, 0.25) is 0 Å². The molecular formula is C34H66O3S2. The van der Waals surface area contributed by atoms with Crippen LogP contribution in [0.15, 0.2) is 0 Å². The lowest BCUT2D eigenvalue weighted by molar-refractivity contribution is -0.125. The van der Waals surface area contributed by atoms with Gasteiger partial charge in [-0.2, -0.15) is 0 Å². The van der Waals surface area contributed by atoms with E-state index in [0.717, 1.165) is 56.8 Å². The topological polar surface area (TPSA) is 54.4 Å². The average molecular weight is 587 g/mol. The maximum atomic E-state index is 12.3. The molecule has 0 spiro atoms. The smallest absolute Gasteiger partial charge is 0.186 e. The molecule has 5 heteroatoms. The SMILES string of the molecule is CCCCC(CCC)CCCCC(CC(=O)S)C(O)(CCC)C(CCCCC(CCC)CCCC)CC(=O)S. The maximum absolute atomic E-state index is 12.3. The van der Waals surface area contributed by atoms with Gasteiger partial charge in [0.05, 0.1) is 5.60 Å². The second kappa shape index (κ2) is 24.6. The summed E-state index contributed by atoms with van der Waals surface area (Å²) in [5.41, 5.74) is -1.03. The Morgan fingerprint density at radius 2 is 0.897 bits per heavy atom. The summed E-state index contributed by atoms with van der Waals surface area (Å²) in [6, 6.07) is 0. The average Bonchev–Trinajstić information content (AvgIpc) is 2.88. The highest BCUT2D eigenvalue weighted by Crippen LogP contribution is 2.42. The van der Waals surface area contributed by atoms with E-state index in [0.29, 0.717) is 6.42 Å². The normalized spacial score (nSPS) is 16.4. The van der Waals surface area contributed by atoms with E-state index in [1.54, 1.807) is 0 Å². The molecule has 232 valence electrons. The number of hydrogen-bond acceptors (Lipinski definition) is 3. The van der Waals surface area contributed by atoms with E-state index in [1.165, 1.54) is 77.0 Å². The van der Waals surface area contributed by atoms with Gasteiger partial charge < -0.3 is 5.11 Å². The van der Waals surface area contributed by atoms with Gasteiger partial charge in [0.15, 0.2) is 10.2 Å². The summed E-state index contributed by atoms with van der Waals surface area (Å²) < 4.78 is 0. The first kappa shape index (κ1) is 39.0. The second-order valence-electron chi connectivity index (χ2n) is 12.5. The fourth-order valence-electron chi connectivity index (χ4n) is 6.94. The summed E-state index contributed by atoms with van der Waals surface area (Å²) >= 11 is 8.29. The molecule has 0 amide bonds. The van der Waals surface area contributed by atoms with E-state index in [9.17, 15) is 14.7 Å². The van der Waals surface area contributed by atoms with Crippen molar-refractivity contribution in [2.45, 2.75) is 181 Å². The van der Waals surface area contributed by atoms with E-state index in [-0.39, 0.29) is 34.9 Å². The molecule has 0 radical (unpaired) electrons. The summed E-state index contributed by atoms with van der Waals surface area (Å²) in [5.74, 6) is 1.27. The molecule has 0 bridgehead atoms. The minimum atomic E-state index is -1.03. The van der Waals surface area contributed by atoms with E-state index in [2.05, 4.69) is 59.9 Å². The van der Waals surface area contributed by atoms with Gasteiger partial charge in [0.25, 0.3) is 0 Å². The maximum Gasteiger partial charge on any atom is 0.186 e. The van der Waals surface area contributed by atoms with Crippen molar-refractivity contribution in [3.63, 3.8) is 0 Å². The van der Waals surface area contributed by atoms with Crippen LogP contribution in [-0.2, 0) is 9.59 Å². The van der Waals surface area contributed by atoms with Crippen molar-refractivity contribution >= 4 is 35.5 Å². The Labute approximate surface area is 254 Å². The molecule has 0 aromatic rings. The van der Waals surface area contributed by atoms with Crippen LogP contribution in [0.3, 0.4) is 0 Å². The number of rotatable bonds is 28. The van der Waals surface area contributed by atoms with Crippen molar-refractivity contribution in [3.05, 3.63) is 0 Å². The molecule has 0 heterocycles. The van der Waals surface area contributed by atoms with Gasteiger partial charge in [0, 0.05) is 12.8 Å². The Morgan fingerprint density at radius 1 is 0.538 bits per heavy atom. The summed E-state index contributed by atoms with van der Waals surface area (Å²) in [4.78, 5) is 24.5. The lowest BCUT2D eigenvalue weighted by Gasteiger charge is -2.42. The molecule has 4 unspecified atom stereocenters. The standard InChI is InChI=1S/C34H66O3S2/c1-6-11-19-28(17-8-3)21-13-15-23-30(26-32(35)38)34(37,25-10-5)31(27-33(36)39)24-16-14-22-29(18-9-4)20-12-7-2/h28-31,37H,6-27H2,1-5H3,(H,35,38)(H,36,39). The fraction of sp³-hybridized carbons (Fsp3) is 0.941. The number of aliphatic hydroxyl groups is 1. The molecule has 3 nitrogen and oxygen atoms in total. The van der Waals surface area contributed by atoms with Crippen LogP contribution < -0.4 is 0 Å². The minimum absolute atomic E-state index is 0.155. The van der Waals surface area contributed by atoms with Crippen molar-refractivity contribution in [1.82, 2.24) is 0 Å². The van der Waals surface area contributed by atoms with Gasteiger partial charge in [-0.05, 0) is 42.9 Å². The van der Waals surface area contributed by atoms with E-state index in [4.69, 9.17) is 0 Å². The predicted molar refractivity (Wildman–Crippen MR) is 177 cm³/mol. The number of thiol groups is 2. The van der Waals surface area contributed by atoms with Crippen molar-refractivity contribution in [3.8, 4) is 0 Å². The third-order valence-electron chi connectivity index (χ3n) is 9.06. The first-order valence-electron chi connectivity index (χ1n) is 16.8.